The molecular formula is C6H8N2O3. The first-order chi connectivity index (χ1) is 5.31. The molecule has 2 N–H and O–H groups in total. The van der Waals surface area contributed by atoms with Gasteiger partial charge < -0.3 is 5.21 Å². The molecule has 1 heterocycles. The maximum absolute atomic E-state index is 10.2. The molecule has 0 saturated carbocycles. The first-order valence-electron chi connectivity index (χ1n) is 2.78. The summed E-state index contributed by atoms with van der Waals surface area (Å²) in [5.74, 6) is 0. The Morgan fingerprint density at radius 2 is 1.82 bits per heavy atom. The molecule has 0 saturated heterocycles. The lowest BCUT2D eigenvalue weighted by Gasteiger charge is -1.88. The third-order valence-corrected chi connectivity index (χ3v) is 0.741. The number of aromatic nitrogens is 1. The van der Waals surface area contributed by atoms with Crippen molar-refractivity contribution in [2.75, 3.05) is 0 Å². The number of amides is 1. The minimum Gasteiger partial charge on any atom is -0.619 e. The summed E-state index contributed by atoms with van der Waals surface area (Å²) in [7, 11) is 0. The van der Waals surface area contributed by atoms with Crippen LogP contribution in [0.1, 0.15) is 0 Å². The Bertz CT molecular complexity index is 190. The average molecular weight is 156 g/mol. The van der Waals surface area contributed by atoms with Crippen molar-refractivity contribution in [3.05, 3.63) is 35.8 Å². The van der Waals surface area contributed by atoms with Gasteiger partial charge in [0.25, 0.3) is 0 Å². The summed E-state index contributed by atoms with van der Waals surface area (Å²) in [4.78, 5) is 8.81. The van der Waals surface area contributed by atoms with Crippen molar-refractivity contribution in [1.82, 2.24) is 5.48 Å². The van der Waals surface area contributed by atoms with E-state index >= 15 is 0 Å². The maximum atomic E-state index is 10.2. The van der Waals surface area contributed by atoms with Crippen LogP contribution >= 0.6 is 0 Å². The molecular weight excluding hydrogens is 148 g/mol. The zero-order valence-corrected chi connectivity index (χ0v) is 5.68. The number of hydroxylamine groups is 1. The Kier molecular flexibility index (Phi) is 5.54. The van der Waals surface area contributed by atoms with Crippen LogP contribution in [0.2, 0.25) is 0 Å². The quantitative estimate of drug-likeness (QED) is 0.188. The molecule has 0 aromatic carbocycles. The van der Waals surface area contributed by atoms with Crippen molar-refractivity contribution < 1.29 is 14.7 Å². The summed E-state index contributed by atoms with van der Waals surface area (Å²) in [5.41, 5.74) is 1.25. The van der Waals surface area contributed by atoms with Gasteiger partial charge in [-0.15, -0.1) is 0 Å². The maximum Gasteiger partial charge on any atom is 0.230 e. The van der Waals surface area contributed by atoms with Gasteiger partial charge >= 0.3 is 0 Å². The number of nitrogens with zero attached hydrogens (tertiary/aromatic N) is 1. The van der Waals surface area contributed by atoms with E-state index < -0.39 is 0 Å². The minimum absolute atomic E-state index is 0.181. The Morgan fingerprint density at radius 1 is 1.36 bits per heavy atom. The van der Waals surface area contributed by atoms with Gasteiger partial charge in [-0.1, -0.05) is 6.07 Å². The molecule has 0 aliphatic carbocycles. The van der Waals surface area contributed by atoms with Crippen LogP contribution in [0.4, 0.5) is 0 Å². The van der Waals surface area contributed by atoms with Gasteiger partial charge in [0.05, 0.1) is 0 Å². The minimum atomic E-state index is 0.181. The van der Waals surface area contributed by atoms with Gasteiger partial charge in [-0.3, -0.25) is 10.0 Å². The van der Waals surface area contributed by atoms with Gasteiger partial charge in [0.1, 0.15) is 0 Å². The molecule has 1 amide bonds. The molecule has 1 aromatic heterocycles. The number of carbonyl (C=O) groups excluding carboxylic acids is 1. The third kappa shape index (κ3) is 6.26. The van der Waals surface area contributed by atoms with Crippen LogP contribution < -0.4 is 10.2 Å². The molecule has 1 aromatic rings. The van der Waals surface area contributed by atoms with Crippen molar-refractivity contribution >= 4 is 6.41 Å². The molecule has 60 valence electrons. The van der Waals surface area contributed by atoms with Crippen LogP contribution in [0.5, 0.6) is 0 Å². The fourth-order valence-corrected chi connectivity index (χ4v) is 0.383. The van der Waals surface area contributed by atoms with Crippen molar-refractivity contribution in [2.45, 2.75) is 0 Å². The van der Waals surface area contributed by atoms with E-state index in [1.165, 1.54) is 17.9 Å². The molecule has 0 atom stereocenters. The lowest BCUT2D eigenvalue weighted by atomic mass is 10.5. The van der Waals surface area contributed by atoms with Crippen molar-refractivity contribution in [3.8, 4) is 0 Å². The van der Waals surface area contributed by atoms with E-state index in [4.69, 9.17) is 10.0 Å². The van der Waals surface area contributed by atoms with E-state index in [9.17, 15) is 5.21 Å². The molecule has 0 bridgehead atoms. The molecule has 5 heteroatoms. The van der Waals surface area contributed by atoms with E-state index in [2.05, 4.69) is 0 Å². The zero-order valence-electron chi connectivity index (χ0n) is 5.68. The third-order valence-electron chi connectivity index (χ3n) is 0.741. The summed E-state index contributed by atoms with van der Waals surface area (Å²) in [6, 6.07) is 5.18. The van der Waals surface area contributed by atoms with Crippen molar-refractivity contribution in [3.63, 3.8) is 0 Å². The van der Waals surface area contributed by atoms with Crippen LogP contribution in [0.15, 0.2) is 30.6 Å². The molecule has 0 unspecified atom stereocenters. The Morgan fingerprint density at radius 3 is 2.00 bits per heavy atom. The number of hydrogen-bond donors (Lipinski definition) is 2. The largest absolute Gasteiger partial charge is 0.619 e. The number of carbonyl (C=O) groups is 1. The second kappa shape index (κ2) is 6.50. The SMILES string of the molecule is O=CNO.[O-][n+]1ccccc1. The van der Waals surface area contributed by atoms with Gasteiger partial charge in [0.15, 0.2) is 12.4 Å². The smallest absolute Gasteiger partial charge is 0.230 e. The summed E-state index contributed by atoms with van der Waals surface area (Å²) in [6.45, 7) is 0. The summed E-state index contributed by atoms with van der Waals surface area (Å²) in [6.07, 6.45) is 3.07. The van der Waals surface area contributed by atoms with Gasteiger partial charge in [-0.25, -0.2) is 5.48 Å². The fourth-order valence-electron chi connectivity index (χ4n) is 0.383. The topological polar surface area (TPSA) is 76.3 Å². The Balaban J connectivity index is 0.000000218. The van der Waals surface area contributed by atoms with E-state index in [1.807, 2.05) is 0 Å². The summed E-state index contributed by atoms with van der Waals surface area (Å²) < 4.78 is 0.750. The first-order valence-corrected chi connectivity index (χ1v) is 2.78. The van der Waals surface area contributed by atoms with Gasteiger partial charge in [0.2, 0.25) is 6.41 Å². The monoisotopic (exact) mass is 156 g/mol. The number of pyridine rings is 1. The lowest BCUT2D eigenvalue weighted by molar-refractivity contribution is -0.605. The predicted octanol–water partition coefficient (Wildman–Crippen LogP) is -0.558. The zero-order chi connectivity index (χ0) is 8.53. The lowest BCUT2D eigenvalue weighted by Crippen LogP contribution is -2.22. The van der Waals surface area contributed by atoms with Crippen LogP contribution in [0.3, 0.4) is 0 Å². The van der Waals surface area contributed by atoms with Crippen molar-refractivity contribution in [1.29, 1.82) is 0 Å². The van der Waals surface area contributed by atoms with E-state index in [0.717, 1.165) is 4.73 Å². The van der Waals surface area contributed by atoms with Gasteiger partial charge in [-0.2, -0.15) is 4.73 Å². The predicted molar refractivity (Wildman–Crippen MR) is 36.4 cm³/mol. The van der Waals surface area contributed by atoms with Crippen LogP contribution in [0, 0.1) is 5.21 Å². The molecule has 0 fully saturated rings. The Labute approximate surface area is 63.4 Å². The highest BCUT2D eigenvalue weighted by molar-refractivity contribution is 5.43. The Hall–Kier alpha value is -1.62. The highest BCUT2D eigenvalue weighted by atomic mass is 16.5. The summed E-state index contributed by atoms with van der Waals surface area (Å²) >= 11 is 0. The first kappa shape index (κ1) is 9.38. The molecule has 1 rings (SSSR count). The van der Waals surface area contributed by atoms with Gasteiger partial charge in [-0.05, 0) is 0 Å². The number of nitrogens with one attached hydrogen (secondary N) is 1. The second-order valence-corrected chi connectivity index (χ2v) is 1.48. The van der Waals surface area contributed by atoms with Gasteiger partial charge in [0, 0.05) is 12.1 Å². The van der Waals surface area contributed by atoms with Crippen molar-refractivity contribution in [2.24, 2.45) is 0 Å². The normalized spacial score (nSPS) is 7.36. The molecule has 0 aliphatic rings. The van der Waals surface area contributed by atoms with Crippen LogP contribution in [-0.4, -0.2) is 11.6 Å². The molecule has 0 radical (unpaired) electrons. The van der Waals surface area contributed by atoms with Crippen LogP contribution in [0.25, 0.3) is 0 Å². The standard InChI is InChI=1S/C5H5NO.CH3NO2/c7-6-4-2-1-3-5-6;3-1-2-4/h1-5H;1,4H,(H,2,3). The number of hydrogen-bond acceptors (Lipinski definition) is 3. The highest BCUT2D eigenvalue weighted by Gasteiger charge is 1.75. The molecule has 11 heavy (non-hydrogen) atoms. The molecule has 5 nitrogen and oxygen atoms in total. The second-order valence-electron chi connectivity index (χ2n) is 1.48. The summed E-state index contributed by atoms with van der Waals surface area (Å²) in [5, 5.41) is 17.4. The highest BCUT2D eigenvalue weighted by Crippen LogP contribution is 1.72. The van der Waals surface area contributed by atoms with E-state index in [0.29, 0.717) is 0 Å². The number of rotatable bonds is 1. The fraction of sp³-hybridized carbons (Fsp3) is 0. The molecule has 0 spiro atoms. The van der Waals surface area contributed by atoms with Crippen LogP contribution in [-0.2, 0) is 4.79 Å². The van der Waals surface area contributed by atoms with E-state index in [-0.39, 0.29) is 6.41 Å². The van der Waals surface area contributed by atoms with E-state index in [1.54, 1.807) is 18.2 Å². The average Bonchev–Trinajstić information content (AvgIpc) is 2.07. The molecule has 0 aliphatic heterocycles.